The third-order valence-corrected chi connectivity index (χ3v) is 4.45. The van der Waals surface area contributed by atoms with Crippen LogP contribution in [0.3, 0.4) is 0 Å². The number of hydrogen-bond donors (Lipinski definition) is 1. The zero-order valence-electron chi connectivity index (χ0n) is 15.6. The van der Waals surface area contributed by atoms with Gasteiger partial charge in [-0.05, 0) is 42.0 Å². The fourth-order valence-electron chi connectivity index (χ4n) is 2.96. The summed E-state index contributed by atoms with van der Waals surface area (Å²) < 4.78 is 11.0. The molecule has 0 aliphatic heterocycles. The van der Waals surface area contributed by atoms with Crippen molar-refractivity contribution in [3.63, 3.8) is 0 Å². The fourth-order valence-corrected chi connectivity index (χ4v) is 2.96. The van der Waals surface area contributed by atoms with Crippen LogP contribution in [0.15, 0.2) is 66.7 Å². The Labute approximate surface area is 160 Å². The molecule has 0 aliphatic carbocycles. The molecule has 0 heterocycles. The number of fused-ring (bicyclic) bond motifs is 1. The van der Waals surface area contributed by atoms with E-state index in [2.05, 4.69) is 23.5 Å². The average Bonchev–Trinajstić information content (AvgIpc) is 2.72. The van der Waals surface area contributed by atoms with Crippen LogP contribution in [0.4, 0.5) is 0 Å². The van der Waals surface area contributed by atoms with Gasteiger partial charge >= 0.3 is 0 Å². The Balaban J connectivity index is 1.35. The standard InChI is InChI=1S/C23H25NO3/c1-26-20-13-11-18(12-14-20)15-16-24-23(25)10-5-17-27-22-9-4-7-19-6-2-3-8-21(19)22/h2-4,6-9,11-14H,5,10,15-17H2,1H3,(H,24,25). The highest BCUT2D eigenvalue weighted by atomic mass is 16.5. The summed E-state index contributed by atoms with van der Waals surface area (Å²) in [6, 6.07) is 22.1. The minimum atomic E-state index is 0.0602. The second-order valence-corrected chi connectivity index (χ2v) is 6.38. The zero-order valence-corrected chi connectivity index (χ0v) is 15.6. The van der Waals surface area contributed by atoms with Crippen LogP contribution in [-0.2, 0) is 11.2 Å². The van der Waals surface area contributed by atoms with Crippen LogP contribution in [0.1, 0.15) is 18.4 Å². The van der Waals surface area contributed by atoms with Gasteiger partial charge in [0.05, 0.1) is 13.7 Å². The molecule has 0 saturated heterocycles. The highest BCUT2D eigenvalue weighted by Gasteiger charge is 2.04. The maximum absolute atomic E-state index is 12.0. The predicted octanol–water partition coefficient (Wildman–Crippen LogP) is 4.37. The number of carbonyl (C=O) groups is 1. The molecule has 0 aromatic heterocycles. The molecule has 4 heteroatoms. The van der Waals surface area contributed by atoms with Crippen LogP contribution in [0, 0.1) is 0 Å². The van der Waals surface area contributed by atoms with E-state index >= 15 is 0 Å². The lowest BCUT2D eigenvalue weighted by molar-refractivity contribution is -0.121. The summed E-state index contributed by atoms with van der Waals surface area (Å²) in [4.78, 5) is 12.0. The van der Waals surface area contributed by atoms with Crippen molar-refractivity contribution in [2.45, 2.75) is 19.3 Å². The maximum Gasteiger partial charge on any atom is 0.220 e. The van der Waals surface area contributed by atoms with Gasteiger partial charge in [-0.15, -0.1) is 0 Å². The van der Waals surface area contributed by atoms with Crippen molar-refractivity contribution in [3.05, 3.63) is 72.3 Å². The second kappa shape index (κ2) is 9.62. The number of nitrogens with one attached hydrogen (secondary N) is 1. The Bertz CT molecular complexity index is 869. The van der Waals surface area contributed by atoms with Gasteiger partial charge in [-0.1, -0.05) is 48.5 Å². The van der Waals surface area contributed by atoms with Gasteiger partial charge in [0.2, 0.25) is 5.91 Å². The Morgan fingerprint density at radius 2 is 1.74 bits per heavy atom. The molecule has 3 rings (SSSR count). The van der Waals surface area contributed by atoms with E-state index < -0.39 is 0 Å². The van der Waals surface area contributed by atoms with E-state index in [1.807, 2.05) is 48.5 Å². The highest BCUT2D eigenvalue weighted by molar-refractivity contribution is 5.88. The van der Waals surface area contributed by atoms with Crippen molar-refractivity contribution in [3.8, 4) is 11.5 Å². The molecule has 0 saturated carbocycles. The Kier molecular flexibility index (Phi) is 6.69. The second-order valence-electron chi connectivity index (χ2n) is 6.38. The third-order valence-electron chi connectivity index (χ3n) is 4.45. The Morgan fingerprint density at radius 1 is 0.963 bits per heavy atom. The van der Waals surface area contributed by atoms with Crippen molar-refractivity contribution < 1.29 is 14.3 Å². The first-order valence-electron chi connectivity index (χ1n) is 9.26. The third kappa shape index (κ3) is 5.48. The molecule has 0 spiro atoms. The summed E-state index contributed by atoms with van der Waals surface area (Å²) in [5, 5.41) is 5.22. The van der Waals surface area contributed by atoms with E-state index in [4.69, 9.17) is 9.47 Å². The molecule has 0 radical (unpaired) electrons. The topological polar surface area (TPSA) is 47.6 Å². The van der Waals surface area contributed by atoms with Crippen LogP contribution >= 0.6 is 0 Å². The molecule has 1 N–H and O–H groups in total. The predicted molar refractivity (Wildman–Crippen MR) is 108 cm³/mol. The van der Waals surface area contributed by atoms with E-state index in [-0.39, 0.29) is 5.91 Å². The highest BCUT2D eigenvalue weighted by Crippen LogP contribution is 2.25. The Hall–Kier alpha value is -3.01. The van der Waals surface area contributed by atoms with E-state index in [9.17, 15) is 4.79 Å². The number of benzene rings is 3. The maximum atomic E-state index is 12.0. The first-order chi connectivity index (χ1) is 13.3. The molecule has 4 nitrogen and oxygen atoms in total. The molecular formula is C23H25NO3. The molecule has 0 atom stereocenters. The van der Waals surface area contributed by atoms with Crippen molar-refractivity contribution in [1.82, 2.24) is 5.32 Å². The number of ether oxygens (including phenoxy) is 2. The van der Waals surface area contributed by atoms with E-state index in [1.54, 1.807) is 7.11 Å². The number of methoxy groups -OCH3 is 1. The van der Waals surface area contributed by atoms with Gasteiger partial charge < -0.3 is 14.8 Å². The average molecular weight is 363 g/mol. The van der Waals surface area contributed by atoms with Crippen LogP contribution in [-0.4, -0.2) is 26.2 Å². The van der Waals surface area contributed by atoms with Crippen LogP contribution in [0.25, 0.3) is 10.8 Å². The lowest BCUT2D eigenvalue weighted by Crippen LogP contribution is -2.25. The van der Waals surface area contributed by atoms with Gasteiger partial charge in [0.1, 0.15) is 11.5 Å². The van der Waals surface area contributed by atoms with Crippen molar-refractivity contribution >= 4 is 16.7 Å². The summed E-state index contributed by atoms with van der Waals surface area (Å²) in [7, 11) is 1.65. The normalized spacial score (nSPS) is 10.6. The summed E-state index contributed by atoms with van der Waals surface area (Å²) in [5.74, 6) is 1.77. The minimum absolute atomic E-state index is 0.0602. The van der Waals surface area contributed by atoms with E-state index in [1.165, 1.54) is 5.56 Å². The summed E-state index contributed by atoms with van der Waals surface area (Å²) in [5.41, 5.74) is 1.18. The Morgan fingerprint density at radius 3 is 2.56 bits per heavy atom. The number of rotatable bonds is 9. The van der Waals surface area contributed by atoms with Gasteiger partial charge in [0, 0.05) is 18.4 Å². The van der Waals surface area contributed by atoms with Crippen molar-refractivity contribution in [2.24, 2.45) is 0 Å². The van der Waals surface area contributed by atoms with Gasteiger partial charge in [-0.25, -0.2) is 0 Å². The summed E-state index contributed by atoms with van der Waals surface area (Å²) in [6.07, 6.45) is 1.97. The molecule has 140 valence electrons. The van der Waals surface area contributed by atoms with Crippen molar-refractivity contribution in [1.29, 1.82) is 0 Å². The molecule has 0 unspecified atom stereocenters. The summed E-state index contributed by atoms with van der Waals surface area (Å²) in [6.45, 7) is 1.16. The van der Waals surface area contributed by atoms with Crippen LogP contribution in [0.2, 0.25) is 0 Å². The largest absolute Gasteiger partial charge is 0.497 e. The molecule has 1 amide bonds. The molecule has 3 aromatic carbocycles. The lowest BCUT2D eigenvalue weighted by Gasteiger charge is -2.09. The van der Waals surface area contributed by atoms with Crippen LogP contribution < -0.4 is 14.8 Å². The molecular weight excluding hydrogens is 338 g/mol. The van der Waals surface area contributed by atoms with E-state index in [0.29, 0.717) is 26.0 Å². The lowest BCUT2D eigenvalue weighted by atomic mass is 10.1. The summed E-state index contributed by atoms with van der Waals surface area (Å²) >= 11 is 0. The SMILES string of the molecule is COc1ccc(CCNC(=O)CCCOc2cccc3ccccc23)cc1. The minimum Gasteiger partial charge on any atom is -0.497 e. The van der Waals surface area contributed by atoms with E-state index in [0.717, 1.165) is 28.7 Å². The van der Waals surface area contributed by atoms with Gasteiger partial charge in [0.25, 0.3) is 0 Å². The molecule has 27 heavy (non-hydrogen) atoms. The monoisotopic (exact) mass is 363 g/mol. The number of hydrogen-bond acceptors (Lipinski definition) is 3. The molecule has 0 bridgehead atoms. The fraction of sp³-hybridized carbons (Fsp3) is 0.261. The quantitative estimate of drug-likeness (QED) is 0.575. The zero-order chi connectivity index (χ0) is 18.9. The smallest absolute Gasteiger partial charge is 0.220 e. The van der Waals surface area contributed by atoms with Gasteiger partial charge in [-0.2, -0.15) is 0 Å². The number of amides is 1. The molecule has 0 fully saturated rings. The van der Waals surface area contributed by atoms with Gasteiger partial charge in [0.15, 0.2) is 0 Å². The first kappa shape index (κ1) is 18.8. The number of carbonyl (C=O) groups excluding carboxylic acids is 1. The van der Waals surface area contributed by atoms with Crippen LogP contribution in [0.5, 0.6) is 11.5 Å². The van der Waals surface area contributed by atoms with Gasteiger partial charge in [-0.3, -0.25) is 4.79 Å². The molecule has 0 aliphatic rings. The van der Waals surface area contributed by atoms with Crippen molar-refractivity contribution in [2.75, 3.05) is 20.3 Å². The molecule has 3 aromatic rings. The first-order valence-corrected chi connectivity index (χ1v) is 9.26.